The SMILES string of the molecule is CCN1CCCCC1c1ccc(N(C)C(=O)OC(C)(C)C)nc1. The van der Waals surface area contributed by atoms with Crippen LogP contribution in [0.2, 0.25) is 0 Å². The molecule has 1 aliphatic rings. The zero-order chi connectivity index (χ0) is 17.0. The molecule has 1 unspecified atom stereocenters. The molecule has 1 fully saturated rings. The maximum atomic E-state index is 12.1. The molecule has 1 amide bonds. The lowest BCUT2D eigenvalue weighted by Gasteiger charge is -2.35. The second-order valence-electron chi connectivity index (χ2n) is 7.13. The molecule has 1 aromatic heterocycles. The van der Waals surface area contributed by atoms with Gasteiger partial charge in [-0.3, -0.25) is 9.80 Å². The van der Waals surface area contributed by atoms with Crippen LogP contribution in [-0.4, -0.2) is 41.7 Å². The van der Waals surface area contributed by atoms with Gasteiger partial charge in [0.2, 0.25) is 0 Å². The Morgan fingerprint density at radius 1 is 1.39 bits per heavy atom. The summed E-state index contributed by atoms with van der Waals surface area (Å²) in [4.78, 5) is 20.5. The molecule has 0 bridgehead atoms. The monoisotopic (exact) mass is 319 g/mol. The van der Waals surface area contributed by atoms with Crippen molar-refractivity contribution in [3.8, 4) is 0 Å². The zero-order valence-electron chi connectivity index (χ0n) is 15.0. The van der Waals surface area contributed by atoms with E-state index in [9.17, 15) is 4.79 Å². The number of anilines is 1. The Balaban J connectivity index is 2.08. The lowest BCUT2D eigenvalue weighted by molar-refractivity contribution is 0.0588. The van der Waals surface area contributed by atoms with E-state index in [0.29, 0.717) is 11.9 Å². The molecule has 0 spiro atoms. The Morgan fingerprint density at radius 2 is 2.13 bits per heavy atom. The molecule has 0 aliphatic carbocycles. The molecule has 23 heavy (non-hydrogen) atoms. The maximum absolute atomic E-state index is 12.1. The summed E-state index contributed by atoms with van der Waals surface area (Å²) in [5.74, 6) is 0.613. The van der Waals surface area contributed by atoms with Crippen molar-refractivity contribution in [1.29, 1.82) is 0 Å². The van der Waals surface area contributed by atoms with E-state index < -0.39 is 5.60 Å². The standard InChI is InChI=1S/C18H29N3O2/c1-6-21-12-8-7-9-15(21)14-10-11-16(19-13-14)20(5)17(22)23-18(2,3)4/h10-11,13,15H,6-9,12H2,1-5H3. The smallest absolute Gasteiger partial charge is 0.415 e. The van der Waals surface area contributed by atoms with Crippen LogP contribution in [0.4, 0.5) is 10.6 Å². The number of carbonyl (C=O) groups is 1. The number of carbonyl (C=O) groups excluding carboxylic acids is 1. The van der Waals surface area contributed by atoms with Crippen LogP contribution in [0.3, 0.4) is 0 Å². The van der Waals surface area contributed by atoms with E-state index in [1.165, 1.54) is 29.7 Å². The van der Waals surface area contributed by atoms with E-state index in [-0.39, 0.29) is 6.09 Å². The molecule has 1 aliphatic heterocycles. The van der Waals surface area contributed by atoms with Gasteiger partial charge in [-0.1, -0.05) is 19.4 Å². The third kappa shape index (κ3) is 4.67. The molecule has 1 atom stereocenters. The molecule has 0 radical (unpaired) electrons. The largest absolute Gasteiger partial charge is 0.443 e. The van der Waals surface area contributed by atoms with Gasteiger partial charge in [-0.25, -0.2) is 9.78 Å². The fraction of sp³-hybridized carbons (Fsp3) is 0.667. The molecule has 1 saturated heterocycles. The number of aromatic nitrogens is 1. The lowest BCUT2D eigenvalue weighted by atomic mass is 9.96. The first kappa shape index (κ1) is 17.7. The quantitative estimate of drug-likeness (QED) is 0.845. The van der Waals surface area contributed by atoms with E-state index >= 15 is 0 Å². The third-order valence-electron chi connectivity index (χ3n) is 4.19. The topological polar surface area (TPSA) is 45.7 Å². The number of nitrogens with zero attached hydrogens (tertiary/aromatic N) is 3. The maximum Gasteiger partial charge on any atom is 0.415 e. The Bertz CT molecular complexity index is 522. The Kier molecular flexibility index (Phi) is 5.63. The van der Waals surface area contributed by atoms with Gasteiger partial charge >= 0.3 is 6.09 Å². The summed E-state index contributed by atoms with van der Waals surface area (Å²) < 4.78 is 5.37. The first-order valence-electron chi connectivity index (χ1n) is 8.48. The minimum Gasteiger partial charge on any atom is -0.443 e. The summed E-state index contributed by atoms with van der Waals surface area (Å²) in [5.41, 5.74) is 0.725. The van der Waals surface area contributed by atoms with E-state index in [4.69, 9.17) is 4.74 Å². The molecule has 128 valence electrons. The number of rotatable bonds is 3. The van der Waals surface area contributed by atoms with Crippen LogP contribution in [0.25, 0.3) is 0 Å². The van der Waals surface area contributed by atoms with Gasteiger partial charge in [-0.2, -0.15) is 0 Å². The predicted molar refractivity (Wildman–Crippen MR) is 92.7 cm³/mol. The third-order valence-corrected chi connectivity index (χ3v) is 4.19. The van der Waals surface area contributed by atoms with Crippen molar-refractivity contribution >= 4 is 11.9 Å². The highest BCUT2D eigenvalue weighted by Gasteiger charge is 2.24. The summed E-state index contributed by atoms with van der Waals surface area (Å²) in [5, 5.41) is 0. The van der Waals surface area contributed by atoms with Gasteiger partial charge in [0.05, 0.1) is 0 Å². The molecule has 1 aromatic rings. The summed E-state index contributed by atoms with van der Waals surface area (Å²) in [6, 6.07) is 4.44. The van der Waals surface area contributed by atoms with Crippen molar-refractivity contribution in [1.82, 2.24) is 9.88 Å². The first-order valence-corrected chi connectivity index (χ1v) is 8.48. The van der Waals surface area contributed by atoms with E-state index in [2.05, 4.69) is 22.9 Å². The zero-order valence-corrected chi connectivity index (χ0v) is 15.0. The highest BCUT2D eigenvalue weighted by Crippen LogP contribution is 2.30. The molecule has 5 nitrogen and oxygen atoms in total. The Morgan fingerprint density at radius 3 is 2.70 bits per heavy atom. The Labute approximate surface area is 139 Å². The van der Waals surface area contributed by atoms with Crippen molar-refractivity contribution in [2.45, 2.75) is 58.6 Å². The van der Waals surface area contributed by atoms with Gasteiger partial charge < -0.3 is 4.74 Å². The van der Waals surface area contributed by atoms with Crippen molar-refractivity contribution in [3.05, 3.63) is 23.9 Å². The van der Waals surface area contributed by atoms with Crippen LogP contribution >= 0.6 is 0 Å². The lowest BCUT2D eigenvalue weighted by Crippen LogP contribution is -2.35. The van der Waals surface area contributed by atoms with Gasteiger partial charge in [0.15, 0.2) is 0 Å². The second kappa shape index (κ2) is 7.30. The highest BCUT2D eigenvalue weighted by molar-refractivity contribution is 5.85. The highest BCUT2D eigenvalue weighted by atomic mass is 16.6. The molecule has 0 saturated carbocycles. The van der Waals surface area contributed by atoms with Gasteiger partial charge in [0.25, 0.3) is 0 Å². The van der Waals surface area contributed by atoms with Crippen LogP contribution < -0.4 is 4.90 Å². The normalized spacial score (nSPS) is 19.4. The second-order valence-corrected chi connectivity index (χ2v) is 7.13. The van der Waals surface area contributed by atoms with Crippen LogP contribution in [0.5, 0.6) is 0 Å². The molecule has 2 heterocycles. The van der Waals surface area contributed by atoms with Crippen LogP contribution in [0.1, 0.15) is 58.6 Å². The number of amides is 1. The van der Waals surface area contributed by atoms with Crippen LogP contribution in [0, 0.1) is 0 Å². The summed E-state index contributed by atoms with van der Waals surface area (Å²) in [6.07, 6.45) is 5.23. The summed E-state index contributed by atoms with van der Waals surface area (Å²) in [6.45, 7) is 9.99. The fourth-order valence-corrected chi connectivity index (χ4v) is 2.96. The van der Waals surface area contributed by atoms with Crippen molar-refractivity contribution in [3.63, 3.8) is 0 Å². The average molecular weight is 319 g/mol. The van der Waals surface area contributed by atoms with Gasteiger partial charge in [0.1, 0.15) is 11.4 Å². The number of likely N-dealkylation sites (tertiary alicyclic amines) is 1. The van der Waals surface area contributed by atoms with Crippen molar-refractivity contribution < 1.29 is 9.53 Å². The van der Waals surface area contributed by atoms with Gasteiger partial charge in [-0.15, -0.1) is 0 Å². The molecule has 2 rings (SSSR count). The molecule has 0 N–H and O–H groups in total. The molecule has 0 aromatic carbocycles. The van der Waals surface area contributed by atoms with Crippen LogP contribution in [-0.2, 0) is 4.74 Å². The first-order chi connectivity index (χ1) is 10.8. The minimum atomic E-state index is -0.505. The fourth-order valence-electron chi connectivity index (χ4n) is 2.96. The summed E-state index contributed by atoms with van der Waals surface area (Å²) in [7, 11) is 1.69. The molecular weight excluding hydrogens is 290 g/mol. The van der Waals surface area contributed by atoms with E-state index in [1.807, 2.05) is 33.0 Å². The average Bonchev–Trinajstić information content (AvgIpc) is 2.52. The number of hydrogen-bond donors (Lipinski definition) is 0. The van der Waals surface area contributed by atoms with E-state index in [1.54, 1.807) is 7.05 Å². The van der Waals surface area contributed by atoms with Crippen molar-refractivity contribution in [2.75, 3.05) is 25.0 Å². The number of hydrogen-bond acceptors (Lipinski definition) is 4. The number of piperidine rings is 1. The number of pyridine rings is 1. The summed E-state index contributed by atoms with van der Waals surface area (Å²) >= 11 is 0. The Hall–Kier alpha value is -1.62. The minimum absolute atomic E-state index is 0.384. The van der Waals surface area contributed by atoms with Crippen LogP contribution in [0.15, 0.2) is 18.3 Å². The van der Waals surface area contributed by atoms with Gasteiger partial charge in [0, 0.05) is 19.3 Å². The predicted octanol–water partition coefficient (Wildman–Crippen LogP) is 4.00. The van der Waals surface area contributed by atoms with Gasteiger partial charge in [-0.05, 0) is 58.3 Å². The van der Waals surface area contributed by atoms with E-state index in [0.717, 1.165) is 13.1 Å². The van der Waals surface area contributed by atoms with Crippen molar-refractivity contribution in [2.24, 2.45) is 0 Å². The molecule has 5 heteroatoms. The number of ether oxygens (including phenoxy) is 1. The molecular formula is C18H29N3O2.